The van der Waals surface area contributed by atoms with Gasteiger partial charge < -0.3 is 25.0 Å². The lowest BCUT2D eigenvalue weighted by Crippen LogP contribution is -2.53. The Hall–Kier alpha value is -3.53. The number of likely N-dealkylation sites (N-methyl/N-ethyl adjacent to an activating group) is 1. The Kier molecular flexibility index (Phi) is 6.31. The molecule has 10 nitrogen and oxygen atoms in total. The molecule has 4 rings (SSSR count). The van der Waals surface area contributed by atoms with E-state index in [4.69, 9.17) is 9.47 Å². The molecule has 0 spiro atoms. The number of carbonyl (C=O) groups is 3. The molecule has 2 aliphatic heterocycles. The van der Waals surface area contributed by atoms with Crippen molar-refractivity contribution in [3.63, 3.8) is 0 Å². The lowest BCUT2D eigenvalue weighted by Gasteiger charge is -2.42. The van der Waals surface area contributed by atoms with Crippen LogP contribution in [-0.2, 0) is 9.53 Å². The van der Waals surface area contributed by atoms with Gasteiger partial charge in [0.05, 0.1) is 30.3 Å². The lowest BCUT2D eigenvalue weighted by molar-refractivity contribution is -0.133. The fourth-order valence-electron chi connectivity index (χ4n) is 4.03. The van der Waals surface area contributed by atoms with Crippen molar-refractivity contribution >= 4 is 23.4 Å². The molecule has 1 saturated heterocycles. The Morgan fingerprint density at radius 3 is 2.84 bits per heavy atom. The Morgan fingerprint density at radius 1 is 1.25 bits per heavy atom. The highest BCUT2D eigenvalue weighted by Gasteiger charge is 2.39. The van der Waals surface area contributed by atoms with Crippen LogP contribution in [0.15, 0.2) is 36.8 Å². The number of nitrogens with zero attached hydrogens (tertiary/aromatic N) is 3. The van der Waals surface area contributed by atoms with E-state index >= 15 is 0 Å². The van der Waals surface area contributed by atoms with Gasteiger partial charge in [0, 0.05) is 32.2 Å². The van der Waals surface area contributed by atoms with Gasteiger partial charge in [-0.1, -0.05) is 0 Å². The molecule has 10 heteroatoms. The van der Waals surface area contributed by atoms with Crippen molar-refractivity contribution in [3.8, 4) is 5.75 Å². The maximum absolute atomic E-state index is 13.2. The minimum atomic E-state index is -0.423. The molecule has 2 aromatic rings. The summed E-state index contributed by atoms with van der Waals surface area (Å²) in [6, 6.07) is 4.74. The zero-order valence-electron chi connectivity index (χ0n) is 17.9. The van der Waals surface area contributed by atoms with E-state index in [1.807, 2.05) is 0 Å². The summed E-state index contributed by atoms with van der Waals surface area (Å²) in [4.78, 5) is 46.9. The summed E-state index contributed by atoms with van der Waals surface area (Å²) in [5.41, 5.74) is 0.982. The zero-order valence-corrected chi connectivity index (χ0v) is 17.9. The van der Waals surface area contributed by atoms with E-state index in [1.165, 1.54) is 18.6 Å². The van der Waals surface area contributed by atoms with Gasteiger partial charge in [0.25, 0.3) is 11.8 Å². The fourth-order valence-corrected chi connectivity index (χ4v) is 4.03. The number of anilines is 1. The first-order valence-electron chi connectivity index (χ1n) is 10.4. The SMILES string of the molecule is CNC(=O)C[C@@H]1CC[C@H]2[C@@H](COc3ccc(NC(=O)c4cnccn4)cc3C(=O)N2C)O1. The number of amides is 3. The number of rotatable bonds is 4. The van der Waals surface area contributed by atoms with Crippen molar-refractivity contribution in [2.24, 2.45) is 0 Å². The molecule has 1 fully saturated rings. The standard InChI is InChI=1S/C22H25N5O5/c1-23-20(28)10-14-4-5-17-19(32-14)12-31-18-6-3-13(9-15(18)22(30)27(17)2)26-21(29)16-11-24-7-8-25-16/h3,6-9,11,14,17,19H,4-5,10,12H2,1-2H3,(H,23,28)(H,26,29)/t14-,17-,19+/m0/s1. The molecule has 32 heavy (non-hydrogen) atoms. The molecule has 2 aliphatic rings. The molecule has 0 radical (unpaired) electrons. The molecule has 3 heterocycles. The van der Waals surface area contributed by atoms with Crippen molar-refractivity contribution < 1.29 is 23.9 Å². The number of benzene rings is 1. The van der Waals surface area contributed by atoms with Crippen molar-refractivity contribution in [2.45, 2.75) is 37.5 Å². The molecule has 3 amide bonds. The van der Waals surface area contributed by atoms with E-state index in [-0.39, 0.29) is 48.8 Å². The van der Waals surface area contributed by atoms with Gasteiger partial charge in [0.1, 0.15) is 24.2 Å². The first kappa shape index (κ1) is 21.7. The number of nitrogens with one attached hydrogen (secondary N) is 2. The third kappa shape index (κ3) is 4.54. The van der Waals surface area contributed by atoms with Crippen LogP contribution < -0.4 is 15.4 Å². The van der Waals surface area contributed by atoms with Crippen molar-refractivity contribution in [3.05, 3.63) is 48.0 Å². The Balaban J connectivity index is 1.52. The van der Waals surface area contributed by atoms with Crippen LogP contribution in [0.1, 0.15) is 40.1 Å². The number of hydrogen-bond acceptors (Lipinski definition) is 7. The Bertz CT molecular complexity index is 1020. The molecular weight excluding hydrogens is 414 g/mol. The summed E-state index contributed by atoms with van der Waals surface area (Å²) >= 11 is 0. The molecule has 1 aromatic carbocycles. The van der Waals surface area contributed by atoms with E-state index < -0.39 is 5.91 Å². The van der Waals surface area contributed by atoms with E-state index in [0.29, 0.717) is 29.8 Å². The summed E-state index contributed by atoms with van der Waals surface area (Å²) < 4.78 is 12.0. The van der Waals surface area contributed by atoms with Crippen LogP contribution in [0.4, 0.5) is 5.69 Å². The van der Waals surface area contributed by atoms with Crippen LogP contribution in [0.5, 0.6) is 5.75 Å². The number of carbonyl (C=O) groups excluding carboxylic acids is 3. The molecular formula is C22H25N5O5. The van der Waals surface area contributed by atoms with Crippen LogP contribution in [0.25, 0.3) is 0 Å². The predicted molar refractivity (Wildman–Crippen MR) is 114 cm³/mol. The van der Waals surface area contributed by atoms with Crippen molar-refractivity contribution in [1.29, 1.82) is 0 Å². The maximum Gasteiger partial charge on any atom is 0.275 e. The van der Waals surface area contributed by atoms with Crippen LogP contribution in [0.3, 0.4) is 0 Å². The highest BCUT2D eigenvalue weighted by molar-refractivity contribution is 6.04. The molecule has 1 aromatic heterocycles. The van der Waals surface area contributed by atoms with Crippen LogP contribution in [0, 0.1) is 0 Å². The van der Waals surface area contributed by atoms with Crippen molar-refractivity contribution in [1.82, 2.24) is 20.2 Å². The van der Waals surface area contributed by atoms with E-state index in [2.05, 4.69) is 20.6 Å². The lowest BCUT2D eigenvalue weighted by atomic mass is 9.94. The molecule has 0 saturated carbocycles. The average Bonchev–Trinajstić information content (AvgIpc) is 2.82. The summed E-state index contributed by atoms with van der Waals surface area (Å²) in [5.74, 6) is -0.312. The second-order valence-electron chi connectivity index (χ2n) is 7.80. The Morgan fingerprint density at radius 2 is 2.09 bits per heavy atom. The summed E-state index contributed by atoms with van der Waals surface area (Å²) in [5, 5.41) is 5.35. The number of ether oxygens (including phenoxy) is 2. The van der Waals surface area contributed by atoms with Crippen molar-refractivity contribution in [2.75, 3.05) is 26.0 Å². The molecule has 168 valence electrons. The van der Waals surface area contributed by atoms with Gasteiger partial charge in [-0.05, 0) is 31.0 Å². The molecule has 3 atom stereocenters. The second kappa shape index (κ2) is 9.31. The minimum absolute atomic E-state index is 0.0777. The van der Waals surface area contributed by atoms with Gasteiger partial charge in [-0.25, -0.2) is 4.98 Å². The monoisotopic (exact) mass is 439 g/mol. The van der Waals surface area contributed by atoms with Gasteiger partial charge >= 0.3 is 0 Å². The van der Waals surface area contributed by atoms with Crippen LogP contribution in [0.2, 0.25) is 0 Å². The van der Waals surface area contributed by atoms with Gasteiger partial charge in [0.15, 0.2) is 0 Å². The summed E-state index contributed by atoms with van der Waals surface area (Å²) in [7, 11) is 3.34. The summed E-state index contributed by atoms with van der Waals surface area (Å²) in [6.07, 6.45) is 5.40. The smallest absolute Gasteiger partial charge is 0.275 e. The highest BCUT2D eigenvalue weighted by Crippen LogP contribution is 2.32. The number of hydrogen-bond donors (Lipinski definition) is 2. The average molecular weight is 439 g/mol. The highest BCUT2D eigenvalue weighted by atomic mass is 16.5. The Labute approximate surface area is 185 Å². The zero-order chi connectivity index (χ0) is 22.7. The molecule has 0 bridgehead atoms. The summed E-state index contributed by atoms with van der Waals surface area (Å²) in [6.45, 7) is 0.255. The van der Waals surface area contributed by atoms with E-state index in [1.54, 1.807) is 37.2 Å². The molecule has 0 aliphatic carbocycles. The third-order valence-corrected chi connectivity index (χ3v) is 5.76. The molecule has 2 N–H and O–H groups in total. The van der Waals surface area contributed by atoms with Gasteiger partial charge in [0.2, 0.25) is 5.91 Å². The second-order valence-corrected chi connectivity index (χ2v) is 7.80. The first-order chi connectivity index (χ1) is 15.5. The largest absolute Gasteiger partial charge is 0.490 e. The normalized spacial score (nSPS) is 22.5. The minimum Gasteiger partial charge on any atom is -0.490 e. The first-order valence-corrected chi connectivity index (χ1v) is 10.4. The van der Waals surface area contributed by atoms with Crippen LogP contribution >= 0.6 is 0 Å². The topological polar surface area (TPSA) is 123 Å². The number of fused-ring (bicyclic) bond motifs is 2. The van der Waals surface area contributed by atoms with Crippen LogP contribution in [-0.4, -0.2) is 71.5 Å². The van der Waals surface area contributed by atoms with Gasteiger partial charge in [-0.3, -0.25) is 19.4 Å². The van der Waals surface area contributed by atoms with E-state index in [9.17, 15) is 14.4 Å². The molecule has 0 unspecified atom stereocenters. The maximum atomic E-state index is 13.2. The van der Waals surface area contributed by atoms with Gasteiger partial charge in [-0.15, -0.1) is 0 Å². The number of aromatic nitrogens is 2. The fraction of sp³-hybridized carbons (Fsp3) is 0.409. The predicted octanol–water partition coefficient (Wildman–Crippen LogP) is 1.25. The van der Waals surface area contributed by atoms with Gasteiger partial charge in [-0.2, -0.15) is 0 Å². The van der Waals surface area contributed by atoms with E-state index in [0.717, 1.165) is 0 Å². The third-order valence-electron chi connectivity index (χ3n) is 5.76. The quantitative estimate of drug-likeness (QED) is 0.735.